The molecule has 0 aromatic heterocycles. The molecule has 3 nitrogen and oxygen atoms in total. The zero-order chi connectivity index (χ0) is 13.7. The van der Waals surface area contributed by atoms with Gasteiger partial charge in [-0.3, -0.25) is 4.79 Å². The molecule has 1 fully saturated rings. The highest BCUT2D eigenvalue weighted by atomic mass is 35.5. The number of halogens is 1. The summed E-state index contributed by atoms with van der Waals surface area (Å²) in [4.78, 5) is 12.1. The first-order chi connectivity index (χ1) is 9.16. The van der Waals surface area contributed by atoms with Gasteiger partial charge in [-0.1, -0.05) is 36.2 Å². The van der Waals surface area contributed by atoms with Gasteiger partial charge in [0.25, 0.3) is 0 Å². The molecule has 0 saturated carbocycles. The molecule has 0 aliphatic carbocycles. The third-order valence-corrected chi connectivity index (χ3v) is 3.87. The largest absolute Gasteiger partial charge is 0.352 e. The van der Waals surface area contributed by atoms with E-state index in [0.717, 1.165) is 36.4 Å². The smallest absolute Gasteiger partial charge is 0.237 e. The SMILES string of the molecule is CC(Cc1ccccc1Cl)NC(=O)[C@H]1CCCCN1. The Morgan fingerprint density at radius 2 is 2.26 bits per heavy atom. The van der Waals surface area contributed by atoms with Gasteiger partial charge >= 0.3 is 0 Å². The lowest BCUT2D eigenvalue weighted by Crippen LogP contribution is -2.49. The molecule has 1 saturated heterocycles. The summed E-state index contributed by atoms with van der Waals surface area (Å²) in [5.41, 5.74) is 1.08. The van der Waals surface area contributed by atoms with Gasteiger partial charge in [-0.2, -0.15) is 0 Å². The van der Waals surface area contributed by atoms with Gasteiger partial charge in [-0.15, -0.1) is 0 Å². The van der Waals surface area contributed by atoms with Gasteiger partial charge in [0.05, 0.1) is 6.04 Å². The Bertz CT molecular complexity index is 430. The highest BCUT2D eigenvalue weighted by Crippen LogP contribution is 2.16. The van der Waals surface area contributed by atoms with Gasteiger partial charge in [-0.25, -0.2) is 0 Å². The number of carbonyl (C=O) groups is 1. The molecular weight excluding hydrogens is 260 g/mol. The number of amides is 1. The van der Waals surface area contributed by atoms with Crippen LogP contribution < -0.4 is 10.6 Å². The van der Waals surface area contributed by atoms with Crippen molar-refractivity contribution in [3.05, 3.63) is 34.9 Å². The second-order valence-corrected chi connectivity index (χ2v) is 5.61. The van der Waals surface area contributed by atoms with Crippen molar-refractivity contribution in [3.8, 4) is 0 Å². The fourth-order valence-electron chi connectivity index (χ4n) is 2.46. The Kier molecular flexibility index (Phi) is 5.23. The molecule has 2 atom stereocenters. The van der Waals surface area contributed by atoms with Crippen molar-refractivity contribution in [3.63, 3.8) is 0 Å². The molecular formula is C15H21ClN2O. The summed E-state index contributed by atoms with van der Waals surface area (Å²) in [6.07, 6.45) is 3.99. The Labute approximate surface area is 119 Å². The van der Waals surface area contributed by atoms with Gasteiger partial charge < -0.3 is 10.6 Å². The first kappa shape index (κ1) is 14.4. The lowest BCUT2D eigenvalue weighted by molar-refractivity contribution is -0.124. The van der Waals surface area contributed by atoms with Crippen LogP contribution in [0.3, 0.4) is 0 Å². The minimum atomic E-state index is -0.0255. The van der Waals surface area contributed by atoms with Crippen molar-refractivity contribution < 1.29 is 4.79 Å². The van der Waals surface area contributed by atoms with Gasteiger partial charge in [0.1, 0.15) is 0 Å². The van der Waals surface area contributed by atoms with E-state index in [2.05, 4.69) is 10.6 Å². The molecule has 2 N–H and O–H groups in total. The molecule has 1 aromatic carbocycles. The van der Waals surface area contributed by atoms with Crippen molar-refractivity contribution in [2.24, 2.45) is 0 Å². The highest BCUT2D eigenvalue weighted by Gasteiger charge is 2.21. The number of carbonyl (C=O) groups excluding carboxylic acids is 1. The second-order valence-electron chi connectivity index (χ2n) is 5.21. The molecule has 1 aliphatic rings. The van der Waals surface area contributed by atoms with Gasteiger partial charge in [0.15, 0.2) is 0 Å². The van der Waals surface area contributed by atoms with Crippen LogP contribution in [0.1, 0.15) is 31.7 Å². The average Bonchev–Trinajstić information content (AvgIpc) is 2.42. The molecule has 104 valence electrons. The molecule has 19 heavy (non-hydrogen) atoms. The first-order valence-corrected chi connectivity index (χ1v) is 7.32. The van der Waals surface area contributed by atoms with E-state index in [-0.39, 0.29) is 18.0 Å². The normalized spacial score (nSPS) is 20.8. The topological polar surface area (TPSA) is 41.1 Å². The molecule has 2 rings (SSSR count). The lowest BCUT2D eigenvalue weighted by Gasteiger charge is -2.24. The molecule has 1 aromatic rings. The molecule has 1 amide bonds. The molecule has 1 unspecified atom stereocenters. The van der Waals surface area contributed by atoms with E-state index in [4.69, 9.17) is 11.6 Å². The van der Waals surface area contributed by atoms with Crippen molar-refractivity contribution in [1.29, 1.82) is 0 Å². The summed E-state index contributed by atoms with van der Waals surface area (Å²) in [5.74, 6) is 0.110. The van der Waals surface area contributed by atoms with Crippen molar-refractivity contribution >= 4 is 17.5 Å². The van der Waals surface area contributed by atoms with Crippen LogP contribution in [0.25, 0.3) is 0 Å². The maximum Gasteiger partial charge on any atom is 0.237 e. The molecule has 0 spiro atoms. The van der Waals surface area contributed by atoms with Crippen molar-refractivity contribution in [1.82, 2.24) is 10.6 Å². The Morgan fingerprint density at radius 3 is 2.95 bits per heavy atom. The minimum absolute atomic E-state index is 0.0255. The lowest BCUT2D eigenvalue weighted by atomic mass is 10.0. The number of piperidine rings is 1. The summed E-state index contributed by atoms with van der Waals surface area (Å²) in [6.45, 7) is 2.96. The summed E-state index contributed by atoms with van der Waals surface area (Å²) in [7, 11) is 0. The summed E-state index contributed by atoms with van der Waals surface area (Å²) in [5, 5.41) is 7.09. The predicted octanol–water partition coefficient (Wildman–Crippen LogP) is 2.53. The van der Waals surface area contributed by atoms with E-state index < -0.39 is 0 Å². The Morgan fingerprint density at radius 1 is 1.47 bits per heavy atom. The number of nitrogens with one attached hydrogen (secondary N) is 2. The van der Waals surface area contributed by atoms with E-state index in [9.17, 15) is 4.79 Å². The second kappa shape index (κ2) is 6.92. The molecule has 0 bridgehead atoms. The van der Waals surface area contributed by atoms with Crippen LogP contribution in [0.4, 0.5) is 0 Å². The number of hydrogen-bond acceptors (Lipinski definition) is 2. The van der Waals surface area contributed by atoms with E-state index in [0.29, 0.717) is 0 Å². The van der Waals surface area contributed by atoms with Crippen LogP contribution in [-0.4, -0.2) is 24.5 Å². The van der Waals surface area contributed by atoms with Crippen molar-refractivity contribution in [2.75, 3.05) is 6.54 Å². The molecule has 4 heteroatoms. The predicted molar refractivity (Wildman–Crippen MR) is 78.4 cm³/mol. The van der Waals surface area contributed by atoms with Gasteiger partial charge in [0, 0.05) is 11.1 Å². The number of rotatable bonds is 4. The summed E-state index contributed by atoms with van der Waals surface area (Å²) in [6, 6.07) is 7.84. The molecule has 0 radical (unpaired) electrons. The zero-order valence-electron chi connectivity index (χ0n) is 11.3. The van der Waals surface area contributed by atoms with Crippen LogP contribution in [0.2, 0.25) is 5.02 Å². The average molecular weight is 281 g/mol. The monoisotopic (exact) mass is 280 g/mol. The van der Waals surface area contributed by atoms with E-state index >= 15 is 0 Å². The third-order valence-electron chi connectivity index (χ3n) is 3.50. The minimum Gasteiger partial charge on any atom is -0.352 e. The molecule has 1 aliphatic heterocycles. The Balaban J connectivity index is 1.85. The zero-order valence-corrected chi connectivity index (χ0v) is 12.0. The van der Waals surface area contributed by atoms with Crippen LogP contribution in [-0.2, 0) is 11.2 Å². The highest BCUT2D eigenvalue weighted by molar-refractivity contribution is 6.31. The molecule has 1 heterocycles. The van der Waals surface area contributed by atoms with Crippen molar-refractivity contribution in [2.45, 2.75) is 44.7 Å². The third kappa shape index (κ3) is 4.22. The summed E-state index contributed by atoms with van der Waals surface area (Å²) < 4.78 is 0. The Hall–Kier alpha value is -1.06. The van der Waals surface area contributed by atoms with Gasteiger partial charge in [-0.05, 0) is 44.4 Å². The van der Waals surface area contributed by atoms with Crippen LogP contribution in [0.15, 0.2) is 24.3 Å². The van der Waals surface area contributed by atoms with E-state index in [1.807, 2.05) is 31.2 Å². The maximum absolute atomic E-state index is 12.1. The quantitative estimate of drug-likeness (QED) is 0.890. The number of benzene rings is 1. The van der Waals surface area contributed by atoms with Crippen LogP contribution in [0.5, 0.6) is 0 Å². The van der Waals surface area contributed by atoms with E-state index in [1.165, 1.54) is 6.42 Å². The maximum atomic E-state index is 12.1. The summed E-state index contributed by atoms with van der Waals surface area (Å²) >= 11 is 6.13. The first-order valence-electron chi connectivity index (χ1n) is 6.94. The van der Waals surface area contributed by atoms with Crippen LogP contribution >= 0.6 is 11.6 Å². The fourth-order valence-corrected chi connectivity index (χ4v) is 2.68. The van der Waals surface area contributed by atoms with E-state index in [1.54, 1.807) is 0 Å². The van der Waals surface area contributed by atoms with Crippen LogP contribution in [0, 0.1) is 0 Å². The fraction of sp³-hybridized carbons (Fsp3) is 0.533. The number of hydrogen-bond donors (Lipinski definition) is 2. The van der Waals surface area contributed by atoms with Gasteiger partial charge in [0.2, 0.25) is 5.91 Å². The standard InChI is InChI=1S/C15H21ClN2O/c1-11(10-12-6-2-3-7-13(12)16)18-15(19)14-8-4-5-9-17-14/h2-3,6-7,11,14,17H,4-5,8-10H2,1H3,(H,18,19)/t11?,14-/m1/s1.